The molecule has 0 radical (unpaired) electrons. The first-order valence-corrected chi connectivity index (χ1v) is 4.00. The number of hydrogen-bond acceptors (Lipinski definition) is 6. The molecule has 0 bridgehead atoms. The summed E-state index contributed by atoms with van der Waals surface area (Å²) in [5.41, 5.74) is 6.07. The summed E-state index contributed by atoms with van der Waals surface area (Å²) in [6.07, 6.45) is 4.74. The molecule has 0 spiro atoms. The normalized spacial score (nSPS) is 10.1. The van der Waals surface area contributed by atoms with E-state index in [0.717, 1.165) is 0 Å². The third-order valence-corrected chi connectivity index (χ3v) is 1.56. The topological polar surface area (TPSA) is 90.5 Å². The maximum atomic E-state index is 5.49. The number of aryl methyl sites for hydroxylation is 1. The van der Waals surface area contributed by atoms with Crippen molar-refractivity contribution in [3.8, 4) is 11.5 Å². The largest absolute Gasteiger partial charge is 0.368 e. The molecule has 2 aromatic rings. The van der Waals surface area contributed by atoms with Gasteiger partial charge in [-0.1, -0.05) is 0 Å². The molecule has 6 nitrogen and oxygen atoms in total. The Morgan fingerprint density at radius 1 is 1.14 bits per heavy atom. The van der Waals surface area contributed by atoms with E-state index in [-0.39, 0.29) is 5.95 Å². The van der Waals surface area contributed by atoms with Crippen molar-refractivity contribution in [3.05, 3.63) is 24.4 Å². The van der Waals surface area contributed by atoms with Gasteiger partial charge in [0.05, 0.1) is 6.20 Å². The Hall–Kier alpha value is -2.11. The summed E-state index contributed by atoms with van der Waals surface area (Å²) in [4.78, 5) is 19.9. The smallest absolute Gasteiger partial charge is 0.223 e. The SMILES string of the molecule is Cc1nc(N)nc(-c2cnccn2)n1. The molecule has 14 heavy (non-hydrogen) atoms. The average molecular weight is 188 g/mol. The van der Waals surface area contributed by atoms with E-state index in [1.807, 2.05) is 0 Å². The van der Waals surface area contributed by atoms with E-state index in [4.69, 9.17) is 5.73 Å². The standard InChI is InChI=1S/C8H8N6/c1-5-12-7(14-8(9)13-5)6-4-10-2-3-11-6/h2-4H,1H3,(H2,9,12,13,14). The van der Waals surface area contributed by atoms with E-state index in [9.17, 15) is 0 Å². The zero-order valence-electron chi connectivity index (χ0n) is 7.55. The summed E-state index contributed by atoms with van der Waals surface area (Å²) in [7, 11) is 0. The Kier molecular flexibility index (Phi) is 2.02. The van der Waals surface area contributed by atoms with Crippen LogP contribution in [-0.4, -0.2) is 24.9 Å². The second-order valence-corrected chi connectivity index (χ2v) is 2.66. The van der Waals surface area contributed by atoms with E-state index in [1.165, 1.54) is 0 Å². The number of nitrogen functional groups attached to an aromatic ring is 1. The predicted octanol–water partition coefficient (Wildman–Crippen LogP) is 0.219. The lowest BCUT2D eigenvalue weighted by Gasteiger charge is -1.99. The molecular formula is C8H8N6. The molecule has 0 saturated carbocycles. The van der Waals surface area contributed by atoms with Gasteiger partial charge in [0.25, 0.3) is 0 Å². The van der Waals surface area contributed by atoms with Crippen molar-refractivity contribution in [2.45, 2.75) is 6.92 Å². The molecule has 0 fully saturated rings. The Labute approximate surface area is 80.3 Å². The van der Waals surface area contributed by atoms with Crippen LogP contribution in [0.25, 0.3) is 11.5 Å². The van der Waals surface area contributed by atoms with Gasteiger partial charge in [-0.25, -0.2) is 9.97 Å². The molecule has 2 N–H and O–H groups in total. The molecular weight excluding hydrogens is 180 g/mol. The van der Waals surface area contributed by atoms with Crippen molar-refractivity contribution in [1.29, 1.82) is 0 Å². The predicted molar refractivity (Wildman–Crippen MR) is 50.0 cm³/mol. The molecule has 0 aliphatic carbocycles. The first-order chi connectivity index (χ1) is 6.75. The monoisotopic (exact) mass is 188 g/mol. The molecule has 0 aliphatic heterocycles. The van der Waals surface area contributed by atoms with Crippen molar-refractivity contribution in [2.75, 3.05) is 5.73 Å². The van der Waals surface area contributed by atoms with Gasteiger partial charge in [-0.3, -0.25) is 4.98 Å². The summed E-state index contributed by atoms with van der Waals surface area (Å²) in [5, 5.41) is 0. The summed E-state index contributed by atoms with van der Waals surface area (Å²) in [6.45, 7) is 1.75. The molecule has 2 rings (SSSR count). The van der Waals surface area contributed by atoms with Crippen LogP contribution in [0.15, 0.2) is 18.6 Å². The van der Waals surface area contributed by atoms with E-state index < -0.39 is 0 Å². The fourth-order valence-corrected chi connectivity index (χ4v) is 1.03. The maximum absolute atomic E-state index is 5.49. The summed E-state index contributed by atoms with van der Waals surface area (Å²) < 4.78 is 0. The van der Waals surface area contributed by atoms with Crippen LogP contribution in [0, 0.1) is 6.92 Å². The van der Waals surface area contributed by atoms with Gasteiger partial charge in [-0.05, 0) is 6.92 Å². The number of nitrogens with two attached hydrogens (primary N) is 1. The Bertz CT molecular complexity index is 421. The van der Waals surface area contributed by atoms with Gasteiger partial charge in [0.15, 0.2) is 5.82 Å². The fourth-order valence-electron chi connectivity index (χ4n) is 1.03. The molecule has 0 atom stereocenters. The van der Waals surface area contributed by atoms with Gasteiger partial charge in [0.2, 0.25) is 5.95 Å². The highest BCUT2D eigenvalue weighted by Gasteiger charge is 2.04. The fraction of sp³-hybridized carbons (Fsp3) is 0.125. The van der Waals surface area contributed by atoms with Gasteiger partial charge in [0, 0.05) is 12.4 Å². The van der Waals surface area contributed by atoms with Crippen LogP contribution >= 0.6 is 0 Å². The molecule has 0 aliphatic rings. The number of anilines is 1. The first-order valence-electron chi connectivity index (χ1n) is 4.00. The van der Waals surface area contributed by atoms with Gasteiger partial charge >= 0.3 is 0 Å². The number of aromatic nitrogens is 5. The lowest BCUT2D eigenvalue weighted by molar-refractivity contribution is 0.983. The second kappa shape index (κ2) is 3.33. The molecule has 6 heteroatoms. The Morgan fingerprint density at radius 3 is 2.64 bits per heavy atom. The van der Waals surface area contributed by atoms with Crippen LogP contribution in [0.4, 0.5) is 5.95 Å². The van der Waals surface area contributed by atoms with Crippen molar-refractivity contribution in [2.24, 2.45) is 0 Å². The Balaban J connectivity index is 2.52. The lowest BCUT2D eigenvalue weighted by atomic mass is 10.4. The average Bonchev–Trinajstić information content (AvgIpc) is 2.18. The molecule has 2 aromatic heterocycles. The van der Waals surface area contributed by atoms with E-state index >= 15 is 0 Å². The zero-order valence-corrected chi connectivity index (χ0v) is 7.55. The maximum Gasteiger partial charge on any atom is 0.223 e. The number of rotatable bonds is 1. The zero-order chi connectivity index (χ0) is 9.97. The van der Waals surface area contributed by atoms with Crippen LogP contribution < -0.4 is 5.73 Å². The van der Waals surface area contributed by atoms with Gasteiger partial charge in [-0.2, -0.15) is 9.97 Å². The summed E-state index contributed by atoms with van der Waals surface area (Å²) >= 11 is 0. The van der Waals surface area contributed by atoms with Gasteiger partial charge in [-0.15, -0.1) is 0 Å². The minimum absolute atomic E-state index is 0.193. The van der Waals surface area contributed by atoms with E-state index in [2.05, 4.69) is 24.9 Å². The van der Waals surface area contributed by atoms with Gasteiger partial charge < -0.3 is 5.73 Å². The highest BCUT2D eigenvalue weighted by molar-refractivity contribution is 5.48. The second-order valence-electron chi connectivity index (χ2n) is 2.66. The van der Waals surface area contributed by atoms with Crippen molar-refractivity contribution >= 4 is 5.95 Å². The van der Waals surface area contributed by atoms with Gasteiger partial charge in [0.1, 0.15) is 11.5 Å². The molecule has 0 saturated heterocycles. The third-order valence-electron chi connectivity index (χ3n) is 1.56. The van der Waals surface area contributed by atoms with E-state index in [0.29, 0.717) is 17.3 Å². The van der Waals surface area contributed by atoms with Crippen LogP contribution in [0.1, 0.15) is 5.82 Å². The first kappa shape index (κ1) is 8.49. The number of hydrogen-bond donors (Lipinski definition) is 1. The molecule has 0 amide bonds. The molecule has 0 unspecified atom stereocenters. The quantitative estimate of drug-likeness (QED) is 0.688. The molecule has 70 valence electrons. The van der Waals surface area contributed by atoms with Crippen molar-refractivity contribution in [1.82, 2.24) is 24.9 Å². The number of nitrogens with zero attached hydrogens (tertiary/aromatic N) is 5. The van der Waals surface area contributed by atoms with Crippen LogP contribution in [0.5, 0.6) is 0 Å². The van der Waals surface area contributed by atoms with Crippen LogP contribution in [0.2, 0.25) is 0 Å². The Morgan fingerprint density at radius 2 is 2.00 bits per heavy atom. The molecule has 2 heterocycles. The summed E-state index contributed by atoms with van der Waals surface area (Å²) in [6, 6.07) is 0. The highest BCUT2D eigenvalue weighted by Crippen LogP contribution is 2.09. The lowest BCUT2D eigenvalue weighted by Crippen LogP contribution is -2.02. The summed E-state index contributed by atoms with van der Waals surface area (Å²) in [5.74, 6) is 1.21. The van der Waals surface area contributed by atoms with Crippen LogP contribution in [-0.2, 0) is 0 Å². The molecule has 0 aromatic carbocycles. The van der Waals surface area contributed by atoms with Crippen molar-refractivity contribution in [3.63, 3.8) is 0 Å². The minimum Gasteiger partial charge on any atom is -0.368 e. The van der Waals surface area contributed by atoms with Crippen LogP contribution in [0.3, 0.4) is 0 Å². The highest BCUT2D eigenvalue weighted by atomic mass is 15.1. The third kappa shape index (κ3) is 1.63. The minimum atomic E-state index is 0.193. The van der Waals surface area contributed by atoms with Crippen molar-refractivity contribution < 1.29 is 0 Å². The van der Waals surface area contributed by atoms with E-state index in [1.54, 1.807) is 25.5 Å².